The van der Waals surface area contributed by atoms with Gasteiger partial charge < -0.3 is 24.8 Å². The van der Waals surface area contributed by atoms with Gasteiger partial charge in [-0.1, -0.05) is 167 Å². The molecule has 0 fully saturated rings. The quantitative estimate of drug-likeness (QED) is 0.0233. The van der Waals surface area contributed by atoms with Crippen LogP contribution in [0.5, 0.6) is 0 Å². The highest BCUT2D eigenvalue weighted by Gasteiger charge is 2.26. The average molecular weight is 818 g/mol. The van der Waals surface area contributed by atoms with Gasteiger partial charge in [0.15, 0.2) is 6.10 Å². The van der Waals surface area contributed by atoms with Gasteiger partial charge in [-0.3, -0.25) is 23.4 Å². The number of phosphoric ester groups is 1. The number of hydrogen-bond donors (Lipinski definition) is 3. The van der Waals surface area contributed by atoms with Gasteiger partial charge in [-0.2, -0.15) is 0 Å². The van der Waals surface area contributed by atoms with Gasteiger partial charge in [-0.05, 0) is 45.4 Å². The fourth-order valence-corrected chi connectivity index (χ4v) is 7.09. The molecule has 0 radical (unpaired) electrons. The van der Waals surface area contributed by atoms with Gasteiger partial charge in [0.2, 0.25) is 0 Å². The lowest BCUT2D eigenvalue weighted by Crippen LogP contribution is -2.35. The number of nitrogens with one attached hydrogen (secondary N) is 1. The average Bonchev–Trinajstić information content (AvgIpc) is 3.17. The van der Waals surface area contributed by atoms with Crippen molar-refractivity contribution in [3.05, 3.63) is 12.2 Å². The third-order valence-corrected chi connectivity index (χ3v) is 10.9. The largest absolute Gasteiger partial charge is 0.480 e. The minimum atomic E-state index is -4.54. The molecule has 0 spiro atoms. The van der Waals surface area contributed by atoms with Gasteiger partial charge in [-0.15, -0.1) is 0 Å². The van der Waals surface area contributed by atoms with Crippen molar-refractivity contribution in [2.45, 2.75) is 226 Å². The maximum absolute atomic E-state index is 12.7. The van der Waals surface area contributed by atoms with Crippen molar-refractivity contribution in [3.8, 4) is 0 Å². The summed E-state index contributed by atoms with van der Waals surface area (Å²) in [7, 11) is -4.54. The normalized spacial score (nSPS) is 13.8. The van der Waals surface area contributed by atoms with Crippen LogP contribution < -0.4 is 5.32 Å². The number of carbonyl (C=O) groups is 3. The second-order valence-corrected chi connectivity index (χ2v) is 16.9. The molecule has 0 aliphatic heterocycles. The molecule has 0 aromatic carbocycles. The van der Waals surface area contributed by atoms with Crippen LogP contribution in [0.2, 0.25) is 0 Å². The van der Waals surface area contributed by atoms with Crippen LogP contribution in [0.1, 0.15) is 213 Å². The fraction of sp³-hybridized carbons (Fsp3) is 0.886. The van der Waals surface area contributed by atoms with E-state index in [1.807, 2.05) is 0 Å². The Balaban J connectivity index is 4.42. The molecular weight excluding hydrogens is 733 g/mol. The summed E-state index contributed by atoms with van der Waals surface area (Å²) in [4.78, 5) is 46.2. The smallest absolute Gasteiger partial charge is 0.472 e. The summed E-state index contributed by atoms with van der Waals surface area (Å²) >= 11 is 0. The molecule has 56 heavy (non-hydrogen) atoms. The number of phosphoric acid groups is 1. The highest BCUT2D eigenvalue weighted by Crippen LogP contribution is 2.43. The zero-order valence-corrected chi connectivity index (χ0v) is 36.9. The minimum absolute atomic E-state index is 0.00661. The van der Waals surface area contributed by atoms with E-state index in [4.69, 9.17) is 23.6 Å². The Bertz CT molecular complexity index is 1010. The third kappa shape index (κ3) is 39.1. The van der Waals surface area contributed by atoms with E-state index in [1.165, 1.54) is 116 Å². The Labute approximate surface area is 341 Å². The van der Waals surface area contributed by atoms with Crippen molar-refractivity contribution in [3.63, 3.8) is 0 Å². The van der Waals surface area contributed by atoms with Gasteiger partial charge in [0.1, 0.15) is 12.6 Å². The summed E-state index contributed by atoms with van der Waals surface area (Å²) in [5, 5.41) is 11.6. The summed E-state index contributed by atoms with van der Waals surface area (Å²) in [6.07, 6.45) is 37.4. The number of esters is 2. The van der Waals surface area contributed by atoms with Crippen molar-refractivity contribution in [1.82, 2.24) is 5.32 Å². The Morgan fingerprint density at radius 2 is 1.00 bits per heavy atom. The third-order valence-electron chi connectivity index (χ3n) is 9.96. The number of carboxylic acids is 1. The zero-order chi connectivity index (χ0) is 41.4. The molecule has 0 aromatic heterocycles. The van der Waals surface area contributed by atoms with E-state index in [0.717, 1.165) is 57.8 Å². The number of carbonyl (C=O) groups excluding carboxylic acids is 2. The van der Waals surface area contributed by atoms with Crippen LogP contribution in [-0.2, 0) is 37.5 Å². The first kappa shape index (κ1) is 54.2. The molecule has 3 N–H and O–H groups in total. The van der Waals surface area contributed by atoms with Gasteiger partial charge in [0.25, 0.3) is 0 Å². The lowest BCUT2D eigenvalue weighted by Gasteiger charge is -2.20. The molecule has 0 amide bonds. The number of hydrogen-bond acceptors (Lipinski definition) is 9. The van der Waals surface area contributed by atoms with Crippen LogP contribution in [0.25, 0.3) is 0 Å². The van der Waals surface area contributed by atoms with Crippen LogP contribution in [0.3, 0.4) is 0 Å². The number of rotatable bonds is 43. The summed E-state index contributed by atoms with van der Waals surface area (Å²) in [5.41, 5.74) is 0. The second kappa shape index (κ2) is 40.0. The van der Waals surface area contributed by atoms with E-state index in [2.05, 4.69) is 31.3 Å². The Hall–Kier alpha value is -1.78. The minimum Gasteiger partial charge on any atom is -0.480 e. The zero-order valence-electron chi connectivity index (χ0n) is 36.0. The highest BCUT2D eigenvalue weighted by molar-refractivity contribution is 7.47. The number of aliphatic carboxylic acids is 1. The van der Waals surface area contributed by atoms with Crippen LogP contribution in [0.15, 0.2) is 12.2 Å². The van der Waals surface area contributed by atoms with Crippen molar-refractivity contribution in [2.75, 3.05) is 26.4 Å². The predicted molar refractivity (Wildman–Crippen MR) is 227 cm³/mol. The van der Waals surface area contributed by atoms with E-state index in [-0.39, 0.29) is 32.6 Å². The summed E-state index contributed by atoms with van der Waals surface area (Å²) in [6.45, 7) is 4.86. The van der Waals surface area contributed by atoms with E-state index in [9.17, 15) is 23.8 Å². The summed E-state index contributed by atoms with van der Waals surface area (Å²) < 4.78 is 33.3. The SMILES string of the molecule is CCCCCCCC/C=C\CCCCCCCC(=O)O[C@H](COC(=O)CCCCCCCCCCCCCCCCC)COP(=O)(O)OCCNC(C)C(=O)O. The molecule has 2 unspecified atom stereocenters. The molecule has 330 valence electrons. The van der Waals surface area contributed by atoms with Crippen LogP contribution in [0, 0.1) is 0 Å². The fourth-order valence-electron chi connectivity index (χ4n) is 6.34. The molecule has 0 heterocycles. The standard InChI is InChI=1S/C44H84NO10P/c1-4-6-8-10-12-14-16-18-20-22-24-26-28-30-32-34-42(46)52-38-41(39-54-56(50,51)53-37-36-45-40(3)44(48)49)55-43(47)35-33-31-29-27-25-23-21-19-17-15-13-11-9-7-5-2/h19,21,40-41,45H,4-18,20,22-39H2,1-3H3,(H,48,49)(H,50,51)/b21-19-/t40?,41-/m1/s1. The first-order valence-electron chi connectivity index (χ1n) is 22.7. The molecule has 0 aliphatic rings. The van der Waals surface area contributed by atoms with E-state index < -0.39 is 44.5 Å². The lowest BCUT2D eigenvalue weighted by molar-refractivity contribution is -0.161. The molecule has 0 saturated heterocycles. The number of carboxylic acid groups (broad SMARTS) is 1. The van der Waals surface area contributed by atoms with Gasteiger partial charge >= 0.3 is 25.7 Å². The Kier molecular flexibility index (Phi) is 38.7. The monoisotopic (exact) mass is 818 g/mol. The van der Waals surface area contributed by atoms with Crippen molar-refractivity contribution in [2.24, 2.45) is 0 Å². The van der Waals surface area contributed by atoms with Crippen molar-refractivity contribution >= 4 is 25.7 Å². The van der Waals surface area contributed by atoms with E-state index in [1.54, 1.807) is 0 Å². The second-order valence-electron chi connectivity index (χ2n) is 15.4. The topological polar surface area (TPSA) is 158 Å². The maximum Gasteiger partial charge on any atom is 0.472 e. The van der Waals surface area contributed by atoms with Crippen molar-refractivity contribution < 1.29 is 47.5 Å². The molecule has 0 aliphatic carbocycles. The lowest BCUT2D eigenvalue weighted by atomic mass is 10.0. The van der Waals surface area contributed by atoms with Gasteiger partial charge in [0, 0.05) is 19.4 Å². The number of ether oxygens (including phenoxy) is 2. The van der Waals surface area contributed by atoms with Crippen molar-refractivity contribution in [1.29, 1.82) is 0 Å². The molecular formula is C44H84NO10P. The number of allylic oxidation sites excluding steroid dienone is 2. The molecule has 11 nitrogen and oxygen atoms in total. The molecule has 0 saturated carbocycles. The molecule has 0 rings (SSSR count). The van der Waals surface area contributed by atoms with Crippen LogP contribution in [0.4, 0.5) is 0 Å². The van der Waals surface area contributed by atoms with E-state index in [0.29, 0.717) is 12.8 Å². The molecule has 0 aromatic rings. The maximum atomic E-state index is 12.7. The summed E-state index contributed by atoms with van der Waals surface area (Å²) in [5.74, 6) is -1.97. The summed E-state index contributed by atoms with van der Waals surface area (Å²) in [6, 6.07) is -0.855. The Morgan fingerprint density at radius 1 is 0.589 bits per heavy atom. The molecule has 0 bridgehead atoms. The van der Waals surface area contributed by atoms with Crippen LogP contribution >= 0.6 is 7.82 Å². The molecule has 3 atom stereocenters. The van der Waals surface area contributed by atoms with Gasteiger partial charge in [-0.25, -0.2) is 4.57 Å². The first-order valence-corrected chi connectivity index (χ1v) is 24.2. The van der Waals surface area contributed by atoms with Gasteiger partial charge in [0.05, 0.1) is 13.2 Å². The predicted octanol–water partition coefficient (Wildman–Crippen LogP) is 11.9. The first-order chi connectivity index (χ1) is 27.1. The van der Waals surface area contributed by atoms with E-state index >= 15 is 0 Å². The highest BCUT2D eigenvalue weighted by atomic mass is 31.2. The Morgan fingerprint density at radius 3 is 1.45 bits per heavy atom. The van der Waals surface area contributed by atoms with Crippen LogP contribution in [-0.4, -0.2) is 66.4 Å². The number of unbranched alkanes of at least 4 members (excludes halogenated alkanes) is 25. The molecule has 12 heteroatoms.